The van der Waals surface area contributed by atoms with E-state index >= 15 is 0 Å². The summed E-state index contributed by atoms with van der Waals surface area (Å²) >= 11 is 0. The summed E-state index contributed by atoms with van der Waals surface area (Å²) in [4.78, 5) is 2.51. The third-order valence-corrected chi connectivity index (χ3v) is 14.3. The highest BCUT2D eigenvalue weighted by Crippen LogP contribution is 2.63. The van der Waals surface area contributed by atoms with E-state index in [0.717, 1.165) is 53.9 Å². The molecule has 284 valence electrons. The van der Waals surface area contributed by atoms with Gasteiger partial charge in [0, 0.05) is 23.7 Å². The molecule has 0 saturated heterocycles. The van der Waals surface area contributed by atoms with Gasteiger partial charge in [0.25, 0.3) is 0 Å². The molecular formula is C58H47N. The summed E-state index contributed by atoms with van der Waals surface area (Å²) in [6, 6.07) is 68.5. The second kappa shape index (κ2) is 13.0. The zero-order valence-corrected chi connectivity index (χ0v) is 33.8. The number of fused-ring (bicyclic) bond motifs is 13. The molecule has 0 aromatic heterocycles. The van der Waals surface area contributed by atoms with E-state index in [1.54, 1.807) is 0 Å². The monoisotopic (exact) mass is 758 g/mol. The number of anilines is 3. The molecule has 0 heterocycles. The lowest BCUT2D eigenvalue weighted by Crippen LogP contribution is -2.26. The number of benzene rings is 8. The van der Waals surface area contributed by atoms with Crippen molar-refractivity contribution < 1.29 is 1.37 Å². The molecule has 1 saturated carbocycles. The molecule has 1 heteroatoms. The van der Waals surface area contributed by atoms with E-state index in [0.29, 0.717) is 0 Å². The highest BCUT2D eigenvalue weighted by atomic mass is 15.1. The summed E-state index contributed by atoms with van der Waals surface area (Å²) in [5, 5.41) is 0. The van der Waals surface area contributed by atoms with Crippen LogP contribution >= 0.6 is 0 Å². The van der Waals surface area contributed by atoms with Gasteiger partial charge in [-0.15, -0.1) is 0 Å². The molecule has 8 aromatic carbocycles. The summed E-state index contributed by atoms with van der Waals surface area (Å²) in [7, 11) is 0. The summed E-state index contributed by atoms with van der Waals surface area (Å²) < 4.78 is 9.37. The van der Waals surface area contributed by atoms with Gasteiger partial charge in [-0.05, 0) is 127 Å². The van der Waals surface area contributed by atoms with Gasteiger partial charge in [0.15, 0.2) is 0 Å². The Labute approximate surface area is 350 Å². The van der Waals surface area contributed by atoms with Crippen molar-refractivity contribution in [3.8, 4) is 44.5 Å². The van der Waals surface area contributed by atoms with Crippen molar-refractivity contribution in [1.29, 1.82) is 0 Å². The van der Waals surface area contributed by atoms with Crippen LogP contribution in [0.25, 0.3) is 44.5 Å². The Morgan fingerprint density at radius 2 is 0.898 bits per heavy atom. The van der Waals surface area contributed by atoms with Gasteiger partial charge >= 0.3 is 0 Å². The van der Waals surface area contributed by atoms with Gasteiger partial charge in [0.2, 0.25) is 0 Å². The standard InChI is InChI=1S/C58H47N/c1-57(2)50-23-11-6-22-47(50)49-36-41(33-35-51(49)57)59(56-27-15-10-18-43(56)40-30-28-39(29-31-40)38-16-4-3-5-17-38)42-32-34-48-46-21-9-14-26-54(46)58(55(48)37-42)52-24-12-7-19-44(52)45-20-8-13-25-53(45)58/h6-15,18-38H,3-5,16-17H2,1-2H3/i38D. The average molecular weight is 759 g/mol. The maximum atomic E-state index is 9.37. The first kappa shape index (κ1) is 33.5. The van der Waals surface area contributed by atoms with Crippen molar-refractivity contribution in [3.63, 3.8) is 0 Å². The zero-order chi connectivity index (χ0) is 40.2. The summed E-state index contributed by atoms with van der Waals surface area (Å²) in [6.07, 6.45) is 5.38. The SMILES string of the molecule is [2H]C1(c2ccc(-c3ccccc3N(c3ccc4c(c3)-c3ccccc3C4(C)C)c3ccc4c(c3)C3(c5ccccc5-c5ccccc53)c3ccccc3-4)cc2)CCCCC1. The van der Waals surface area contributed by atoms with E-state index in [-0.39, 0.29) is 5.41 Å². The summed E-state index contributed by atoms with van der Waals surface area (Å²) in [5.74, 6) is -0.494. The molecule has 8 aromatic rings. The van der Waals surface area contributed by atoms with Gasteiger partial charge in [-0.2, -0.15) is 0 Å². The van der Waals surface area contributed by atoms with Crippen molar-refractivity contribution in [1.82, 2.24) is 0 Å². The third kappa shape index (κ3) is 4.91. The van der Waals surface area contributed by atoms with Crippen molar-refractivity contribution >= 4 is 17.1 Å². The van der Waals surface area contributed by atoms with Gasteiger partial charge < -0.3 is 4.90 Å². The fourth-order valence-electron chi connectivity index (χ4n) is 11.6. The Hall–Kier alpha value is -6.44. The maximum Gasteiger partial charge on any atom is 0.0726 e. The quantitative estimate of drug-likeness (QED) is 0.169. The van der Waals surface area contributed by atoms with Crippen LogP contribution in [0.5, 0.6) is 0 Å². The van der Waals surface area contributed by atoms with E-state index in [1.807, 2.05) is 0 Å². The highest BCUT2D eigenvalue weighted by Gasteiger charge is 2.51. The molecule has 0 unspecified atom stereocenters. The molecule has 0 bridgehead atoms. The lowest BCUT2D eigenvalue weighted by molar-refractivity contribution is 0.443. The molecule has 1 spiro atoms. The van der Waals surface area contributed by atoms with Crippen LogP contribution < -0.4 is 4.90 Å². The van der Waals surface area contributed by atoms with Crippen LogP contribution in [0, 0.1) is 0 Å². The third-order valence-electron chi connectivity index (χ3n) is 14.3. The van der Waals surface area contributed by atoms with Crippen LogP contribution in [0.3, 0.4) is 0 Å². The fraction of sp³-hybridized carbons (Fsp3) is 0.172. The molecule has 59 heavy (non-hydrogen) atoms. The number of para-hydroxylation sites is 1. The van der Waals surface area contributed by atoms with Gasteiger partial charge in [-0.1, -0.05) is 185 Å². The van der Waals surface area contributed by atoms with Crippen molar-refractivity contribution in [2.75, 3.05) is 4.90 Å². The normalized spacial score (nSPS) is 16.9. The molecule has 0 aliphatic heterocycles. The van der Waals surface area contributed by atoms with Gasteiger partial charge in [0.05, 0.1) is 11.1 Å². The first-order valence-corrected chi connectivity index (χ1v) is 21.6. The minimum atomic E-state index is -0.494. The lowest BCUT2D eigenvalue weighted by Gasteiger charge is -2.33. The molecule has 4 aliphatic carbocycles. The molecule has 0 amide bonds. The van der Waals surface area contributed by atoms with Crippen LogP contribution in [0.1, 0.15) is 92.2 Å². The van der Waals surface area contributed by atoms with Crippen LogP contribution in [0.4, 0.5) is 17.1 Å². The first-order valence-electron chi connectivity index (χ1n) is 22.1. The van der Waals surface area contributed by atoms with Gasteiger partial charge in [-0.3, -0.25) is 0 Å². The van der Waals surface area contributed by atoms with E-state index in [2.05, 4.69) is 201 Å². The second-order valence-corrected chi connectivity index (χ2v) is 17.6. The molecule has 1 fully saturated rings. The van der Waals surface area contributed by atoms with Crippen LogP contribution in [0.2, 0.25) is 0 Å². The molecule has 12 rings (SSSR count). The minimum absolute atomic E-state index is 0.0858. The maximum absolute atomic E-state index is 9.37. The van der Waals surface area contributed by atoms with E-state index in [4.69, 9.17) is 0 Å². The summed E-state index contributed by atoms with van der Waals surface area (Å²) in [5.41, 5.74) is 22.3. The van der Waals surface area contributed by atoms with E-state index in [9.17, 15) is 1.37 Å². The van der Waals surface area contributed by atoms with Crippen molar-refractivity contribution in [3.05, 3.63) is 221 Å². The molecule has 0 atom stereocenters. The molecule has 0 radical (unpaired) electrons. The van der Waals surface area contributed by atoms with Crippen molar-refractivity contribution in [2.45, 2.75) is 62.7 Å². The smallest absolute Gasteiger partial charge is 0.0726 e. The lowest BCUT2D eigenvalue weighted by atomic mass is 9.70. The topological polar surface area (TPSA) is 3.24 Å². The predicted octanol–water partition coefficient (Wildman–Crippen LogP) is 15.5. The van der Waals surface area contributed by atoms with Crippen molar-refractivity contribution in [2.24, 2.45) is 0 Å². The van der Waals surface area contributed by atoms with Gasteiger partial charge in [-0.25, -0.2) is 0 Å². The Morgan fingerprint density at radius 1 is 0.424 bits per heavy atom. The number of nitrogens with zero attached hydrogens (tertiary/aromatic N) is 1. The number of hydrogen-bond acceptors (Lipinski definition) is 1. The largest absolute Gasteiger partial charge is 0.310 e. The minimum Gasteiger partial charge on any atom is -0.310 e. The number of hydrogen-bond donors (Lipinski definition) is 0. The Kier molecular flexibility index (Phi) is 7.41. The molecule has 4 aliphatic rings. The van der Waals surface area contributed by atoms with Crippen LogP contribution in [-0.4, -0.2) is 0 Å². The molecular weight excluding hydrogens is 711 g/mol. The number of rotatable bonds is 5. The Bertz CT molecular complexity index is 2950. The fourth-order valence-corrected chi connectivity index (χ4v) is 11.6. The molecule has 0 N–H and O–H groups in total. The average Bonchev–Trinajstić information content (AvgIpc) is 3.85. The summed E-state index contributed by atoms with van der Waals surface area (Å²) in [6.45, 7) is 4.72. The molecule has 1 nitrogen and oxygen atoms in total. The van der Waals surface area contributed by atoms with E-state index < -0.39 is 11.3 Å². The predicted molar refractivity (Wildman–Crippen MR) is 246 cm³/mol. The van der Waals surface area contributed by atoms with Crippen LogP contribution in [0.15, 0.2) is 182 Å². The highest BCUT2D eigenvalue weighted by molar-refractivity contribution is 5.97. The van der Waals surface area contributed by atoms with Crippen LogP contribution in [-0.2, 0) is 10.8 Å². The van der Waals surface area contributed by atoms with Gasteiger partial charge in [0.1, 0.15) is 0 Å². The first-order chi connectivity index (χ1) is 29.4. The Balaban J connectivity index is 1.09. The zero-order valence-electron chi connectivity index (χ0n) is 34.8. The Morgan fingerprint density at radius 3 is 1.53 bits per heavy atom. The second-order valence-electron chi connectivity index (χ2n) is 17.6. The van der Waals surface area contributed by atoms with E-state index in [1.165, 1.54) is 78.7 Å².